The highest BCUT2D eigenvalue weighted by atomic mass is 32.1. The van der Waals surface area contributed by atoms with Crippen LogP contribution in [0.3, 0.4) is 0 Å². The molecule has 1 N–H and O–H groups in total. The average Bonchev–Trinajstić information content (AvgIpc) is 2.74. The van der Waals surface area contributed by atoms with E-state index >= 15 is 0 Å². The molecule has 0 fully saturated rings. The van der Waals surface area contributed by atoms with Gasteiger partial charge in [0.05, 0.1) is 7.11 Å². The van der Waals surface area contributed by atoms with Gasteiger partial charge in [0.25, 0.3) is 0 Å². The van der Waals surface area contributed by atoms with Crippen molar-refractivity contribution >= 4 is 23.4 Å². The zero-order valence-corrected chi connectivity index (χ0v) is 13.2. The lowest BCUT2D eigenvalue weighted by atomic mass is 10.3. The first-order valence-electron chi connectivity index (χ1n) is 6.72. The van der Waals surface area contributed by atoms with Crippen LogP contribution in [0, 0.1) is 4.77 Å². The van der Waals surface area contributed by atoms with Gasteiger partial charge < -0.3 is 19.2 Å². The molecule has 0 atom stereocenters. The van der Waals surface area contributed by atoms with Crippen molar-refractivity contribution in [3.8, 4) is 5.88 Å². The van der Waals surface area contributed by atoms with Crippen LogP contribution in [0.4, 0.5) is 0 Å². The second kappa shape index (κ2) is 6.32. The lowest BCUT2D eigenvalue weighted by Gasteiger charge is -2.20. The smallest absolute Gasteiger partial charge is 0.242 e. The summed E-state index contributed by atoms with van der Waals surface area (Å²) in [5, 5.41) is 0. The zero-order chi connectivity index (χ0) is 14.7. The highest BCUT2D eigenvalue weighted by Crippen LogP contribution is 2.20. The number of rotatable bonds is 6. The van der Waals surface area contributed by atoms with Crippen molar-refractivity contribution in [3.63, 3.8) is 0 Å². The van der Waals surface area contributed by atoms with E-state index in [1.54, 1.807) is 7.11 Å². The van der Waals surface area contributed by atoms with Gasteiger partial charge in [-0.2, -0.15) is 4.98 Å². The minimum absolute atomic E-state index is 0.527. The minimum Gasteiger partial charge on any atom is -0.479 e. The van der Waals surface area contributed by atoms with E-state index in [0.29, 0.717) is 16.7 Å². The van der Waals surface area contributed by atoms with Gasteiger partial charge in [0, 0.05) is 12.6 Å². The largest absolute Gasteiger partial charge is 0.479 e. The molecule has 7 heteroatoms. The molecule has 0 radical (unpaired) electrons. The Labute approximate surface area is 123 Å². The number of methoxy groups -OCH3 is 1. The Balaban J connectivity index is 2.18. The van der Waals surface area contributed by atoms with Crippen molar-refractivity contribution in [1.82, 2.24) is 24.4 Å². The van der Waals surface area contributed by atoms with E-state index in [2.05, 4.69) is 40.7 Å². The third-order valence-corrected chi connectivity index (χ3v) is 3.82. The number of aromatic amines is 1. The summed E-state index contributed by atoms with van der Waals surface area (Å²) in [5.41, 5.74) is 1.56. The Bertz CT molecular complexity index is 633. The van der Waals surface area contributed by atoms with Gasteiger partial charge in [0.15, 0.2) is 10.4 Å². The SMILES string of the molecule is COc1ncnc2c1[nH]c(=S)n2CCCN(C)C(C)C. The van der Waals surface area contributed by atoms with Gasteiger partial charge in [-0.15, -0.1) is 0 Å². The zero-order valence-electron chi connectivity index (χ0n) is 12.4. The molecule has 6 nitrogen and oxygen atoms in total. The van der Waals surface area contributed by atoms with Crippen molar-refractivity contribution in [2.24, 2.45) is 0 Å². The number of hydrogen-bond acceptors (Lipinski definition) is 5. The van der Waals surface area contributed by atoms with E-state index in [9.17, 15) is 0 Å². The molecule has 2 aromatic heterocycles. The van der Waals surface area contributed by atoms with Crippen LogP contribution in [-0.2, 0) is 6.54 Å². The van der Waals surface area contributed by atoms with Gasteiger partial charge >= 0.3 is 0 Å². The first kappa shape index (κ1) is 14.9. The summed E-state index contributed by atoms with van der Waals surface area (Å²) in [6, 6.07) is 0.549. The minimum atomic E-state index is 0.527. The standard InChI is InChI=1S/C13H21N5OS/c1-9(2)17(3)6-5-7-18-11-10(16-13(18)20)12(19-4)15-8-14-11/h8-9H,5-7H2,1-4H3,(H,16,20). The third-order valence-electron chi connectivity index (χ3n) is 3.49. The van der Waals surface area contributed by atoms with Gasteiger partial charge in [0.2, 0.25) is 5.88 Å². The number of aromatic nitrogens is 4. The summed E-state index contributed by atoms with van der Waals surface area (Å²) in [5.74, 6) is 0.527. The molecule has 2 rings (SSSR count). The summed E-state index contributed by atoms with van der Waals surface area (Å²) in [6.07, 6.45) is 2.52. The van der Waals surface area contributed by atoms with E-state index in [1.807, 2.05) is 4.57 Å². The Kier molecular flexibility index (Phi) is 4.72. The summed E-state index contributed by atoms with van der Waals surface area (Å²) >= 11 is 5.36. The van der Waals surface area contributed by atoms with Crippen molar-refractivity contribution in [1.29, 1.82) is 0 Å². The molecule has 0 aliphatic carbocycles. The summed E-state index contributed by atoms with van der Waals surface area (Å²) in [6.45, 7) is 6.23. The van der Waals surface area contributed by atoms with Gasteiger partial charge in [0.1, 0.15) is 11.8 Å². The number of nitrogens with zero attached hydrogens (tertiary/aromatic N) is 4. The summed E-state index contributed by atoms with van der Waals surface area (Å²) in [4.78, 5) is 13.8. The van der Waals surface area contributed by atoms with E-state index in [4.69, 9.17) is 17.0 Å². The Morgan fingerprint density at radius 3 is 2.85 bits per heavy atom. The van der Waals surface area contributed by atoms with E-state index in [-0.39, 0.29) is 0 Å². The summed E-state index contributed by atoms with van der Waals surface area (Å²) in [7, 11) is 3.72. The highest BCUT2D eigenvalue weighted by molar-refractivity contribution is 7.71. The molecule has 0 unspecified atom stereocenters. The van der Waals surface area contributed by atoms with E-state index < -0.39 is 0 Å². The Morgan fingerprint density at radius 2 is 2.20 bits per heavy atom. The molecule has 0 aliphatic heterocycles. The number of fused-ring (bicyclic) bond motifs is 1. The third kappa shape index (κ3) is 2.99. The fraction of sp³-hybridized carbons (Fsp3) is 0.615. The van der Waals surface area contributed by atoms with E-state index in [0.717, 1.165) is 30.7 Å². The molecule has 0 bridgehead atoms. The molecule has 2 aromatic rings. The molecule has 0 amide bonds. The lowest BCUT2D eigenvalue weighted by Crippen LogP contribution is -2.27. The van der Waals surface area contributed by atoms with Gasteiger partial charge in [-0.05, 0) is 46.1 Å². The van der Waals surface area contributed by atoms with Crippen LogP contribution in [-0.4, -0.2) is 51.2 Å². The fourth-order valence-electron chi connectivity index (χ4n) is 2.04. The molecule has 110 valence electrons. The molecule has 0 saturated carbocycles. The lowest BCUT2D eigenvalue weighted by molar-refractivity contribution is 0.265. The molecule has 0 aromatic carbocycles. The van der Waals surface area contributed by atoms with Crippen LogP contribution >= 0.6 is 12.2 Å². The first-order valence-corrected chi connectivity index (χ1v) is 7.13. The second-order valence-electron chi connectivity index (χ2n) is 5.09. The number of imidazole rings is 1. The number of H-pyrrole nitrogens is 1. The number of hydrogen-bond donors (Lipinski definition) is 1. The number of nitrogens with one attached hydrogen (secondary N) is 1. The Morgan fingerprint density at radius 1 is 1.45 bits per heavy atom. The molecular formula is C13H21N5OS. The van der Waals surface area contributed by atoms with E-state index in [1.165, 1.54) is 6.33 Å². The van der Waals surface area contributed by atoms with Crippen molar-refractivity contribution < 1.29 is 4.74 Å². The van der Waals surface area contributed by atoms with Crippen LogP contribution in [0.1, 0.15) is 20.3 Å². The van der Waals surface area contributed by atoms with Gasteiger partial charge in [-0.25, -0.2) is 4.98 Å². The first-order chi connectivity index (χ1) is 9.54. The second-order valence-corrected chi connectivity index (χ2v) is 5.48. The van der Waals surface area contributed by atoms with Crippen molar-refractivity contribution in [3.05, 3.63) is 11.1 Å². The predicted molar refractivity (Wildman–Crippen MR) is 81.6 cm³/mol. The molecule has 0 spiro atoms. The van der Waals surface area contributed by atoms with Gasteiger partial charge in [-0.3, -0.25) is 0 Å². The maximum absolute atomic E-state index is 5.36. The molecular weight excluding hydrogens is 274 g/mol. The fourth-order valence-corrected chi connectivity index (χ4v) is 2.32. The topological polar surface area (TPSA) is 59.0 Å². The average molecular weight is 295 g/mol. The van der Waals surface area contributed by atoms with Crippen molar-refractivity contribution in [2.75, 3.05) is 20.7 Å². The predicted octanol–water partition coefficient (Wildman–Crippen LogP) is 2.23. The molecule has 0 saturated heterocycles. The molecule has 0 aliphatic rings. The number of aryl methyl sites for hydroxylation is 1. The highest BCUT2D eigenvalue weighted by Gasteiger charge is 2.11. The van der Waals surface area contributed by atoms with Crippen LogP contribution in [0.25, 0.3) is 11.2 Å². The quantitative estimate of drug-likeness (QED) is 0.828. The van der Waals surface area contributed by atoms with Crippen molar-refractivity contribution in [2.45, 2.75) is 32.9 Å². The number of ether oxygens (including phenoxy) is 1. The monoisotopic (exact) mass is 295 g/mol. The van der Waals surface area contributed by atoms with Crippen LogP contribution < -0.4 is 4.74 Å². The maximum Gasteiger partial charge on any atom is 0.242 e. The van der Waals surface area contributed by atoms with Crippen LogP contribution in [0.5, 0.6) is 5.88 Å². The molecule has 20 heavy (non-hydrogen) atoms. The van der Waals surface area contributed by atoms with Crippen LogP contribution in [0.2, 0.25) is 0 Å². The van der Waals surface area contributed by atoms with Gasteiger partial charge in [-0.1, -0.05) is 0 Å². The Hall–Kier alpha value is -1.47. The normalized spacial score (nSPS) is 11.7. The maximum atomic E-state index is 5.36. The van der Waals surface area contributed by atoms with Crippen LogP contribution in [0.15, 0.2) is 6.33 Å². The summed E-state index contributed by atoms with van der Waals surface area (Å²) < 4.78 is 7.88. The molecule has 2 heterocycles.